The zero-order chi connectivity index (χ0) is 11.5. The molecule has 0 saturated carbocycles. The third-order valence-corrected chi connectivity index (χ3v) is 3.38. The molecule has 2 unspecified atom stereocenters. The Balaban J connectivity index is 2.33. The number of piperidine rings is 1. The Bertz CT molecular complexity index is 194. The molecule has 0 aromatic carbocycles. The molecule has 3 heteroatoms. The van der Waals surface area contributed by atoms with Crippen LogP contribution in [0.25, 0.3) is 0 Å². The standard InChI is InChI=1S/C12H26N2O/c1-10-7-14(4)6-5-11(10)13-8-12(2,3)9-15/h10-11,13,15H,5-9H2,1-4H3. The quantitative estimate of drug-likeness (QED) is 0.731. The summed E-state index contributed by atoms with van der Waals surface area (Å²) in [6.45, 7) is 10.0. The normalized spacial score (nSPS) is 29.4. The predicted octanol–water partition coefficient (Wildman–Crippen LogP) is 0.935. The number of nitrogens with zero attached hydrogens (tertiary/aromatic N) is 1. The number of aliphatic hydroxyl groups is 1. The molecule has 0 radical (unpaired) electrons. The van der Waals surface area contributed by atoms with Crippen molar-refractivity contribution in [1.29, 1.82) is 0 Å². The summed E-state index contributed by atoms with van der Waals surface area (Å²) >= 11 is 0. The van der Waals surface area contributed by atoms with Gasteiger partial charge < -0.3 is 15.3 Å². The van der Waals surface area contributed by atoms with Crippen molar-refractivity contribution in [3.05, 3.63) is 0 Å². The Labute approximate surface area is 93.9 Å². The highest BCUT2D eigenvalue weighted by Crippen LogP contribution is 2.18. The van der Waals surface area contributed by atoms with Crippen LogP contribution in [0.5, 0.6) is 0 Å². The first kappa shape index (κ1) is 12.9. The largest absolute Gasteiger partial charge is 0.396 e. The van der Waals surface area contributed by atoms with Gasteiger partial charge in [0.25, 0.3) is 0 Å². The van der Waals surface area contributed by atoms with E-state index in [9.17, 15) is 5.11 Å². The Kier molecular flexibility index (Phi) is 4.56. The van der Waals surface area contributed by atoms with Crippen LogP contribution in [-0.2, 0) is 0 Å². The van der Waals surface area contributed by atoms with Crippen LogP contribution in [0.1, 0.15) is 27.2 Å². The number of nitrogens with one attached hydrogen (secondary N) is 1. The fraction of sp³-hybridized carbons (Fsp3) is 1.00. The highest BCUT2D eigenvalue weighted by Gasteiger charge is 2.25. The van der Waals surface area contributed by atoms with E-state index in [1.807, 2.05) is 0 Å². The van der Waals surface area contributed by atoms with Crippen LogP contribution in [0.2, 0.25) is 0 Å². The zero-order valence-electron chi connectivity index (χ0n) is 10.6. The number of aliphatic hydroxyl groups excluding tert-OH is 1. The zero-order valence-corrected chi connectivity index (χ0v) is 10.6. The fourth-order valence-corrected chi connectivity index (χ4v) is 2.12. The van der Waals surface area contributed by atoms with E-state index in [1.54, 1.807) is 0 Å². The van der Waals surface area contributed by atoms with Crippen LogP contribution in [0.15, 0.2) is 0 Å². The molecule has 0 spiro atoms. The average molecular weight is 214 g/mol. The molecule has 1 saturated heterocycles. The predicted molar refractivity (Wildman–Crippen MR) is 63.9 cm³/mol. The van der Waals surface area contributed by atoms with Crippen molar-refractivity contribution in [2.45, 2.75) is 33.2 Å². The summed E-state index contributed by atoms with van der Waals surface area (Å²) in [4.78, 5) is 2.39. The first-order chi connectivity index (χ1) is 6.94. The van der Waals surface area contributed by atoms with Gasteiger partial charge in [-0.25, -0.2) is 0 Å². The van der Waals surface area contributed by atoms with E-state index in [1.165, 1.54) is 19.5 Å². The Morgan fingerprint density at radius 2 is 2.13 bits per heavy atom. The molecule has 1 aliphatic rings. The summed E-state index contributed by atoms with van der Waals surface area (Å²) in [6, 6.07) is 0.618. The first-order valence-electron chi connectivity index (χ1n) is 5.97. The number of likely N-dealkylation sites (tertiary alicyclic amines) is 1. The van der Waals surface area contributed by atoms with Gasteiger partial charge in [0.15, 0.2) is 0 Å². The first-order valence-corrected chi connectivity index (χ1v) is 5.97. The number of hydrogen-bond donors (Lipinski definition) is 2. The van der Waals surface area contributed by atoms with E-state index in [-0.39, 0.29) is 12.0 Å². The van der Waals surface area contributed by atoms with Crippen LogP contribution in [0.3, 0.4) is 0 Å². The molecule has 0 aromatic heterocycles. The SMILES string of the molecule is CC1CN(C)CCC1NCC(C)(C)CO. The molecule has 0 bridgehead atoms. The van der Waals surface area contributed by atoms with E-state index in [4.69, 9.17) is 0 Å². The molecular weight excluding hydrogens is 188 g/mol. The number of rotatable bonds is 4. The molecule has 2 atom stereocenters. The maximum Gasteiger partial charge on any atom is 0.0494 e. The minimum Gasteiger partial charge on any atom is -0.396 e. The molecular formula is C12H26N2O. The molecule has 3 nitrogen and oxygen atoms in total. The van der Waals surface area contributed by atoms with Crippen molar-refractivity contribution in [2.24, 2.45) is 11.3 Å². The van der Waals surface area contributed by atoms with Gasteiger partial charge in [0.1, 0.15) is 0 Å². The van der Waals surface area contributed by atoms with Gasteiger partial charge in [-0.15, -0.1) is 0 Å². The van der Waals surface area contributed by atoms with Crippen LogP contribution in [-0.4, -0.2) is 49.3 Å². The van der Waals surface area contributed by atoms with Gasteiger partial charge in [-0.05, 0) is 25.9 Å². The second-order valence-corrected chi connectivity index (χ2v) is 5.84. The van der Waals surface area contributed by atoms with Crippen LogP contribution in [0.4, 0.5) is 0 Å². The lowest BCUT2D eigenvalue weighted by Crippen LogP contribution is -2.49. The van der Waals surface area contributed by atoms with E-state index < -0.39 is 0 Å². The lowest BCUT2D eigenvalue weighted by atomic mass is 9.90. The summed E-state index contributed by atoms with van der Waals surface area (Å²) in [7, 11) is 2.18. The van der Waals surface area contributed by atoms with Crippen LogP contribution >= 0.6 is 0 Å². The maximum atomic E-state index is 9.18. The summed E-state index contributed by atoms with van der Waals surface area (Å²) in [5.41, 5.74) is 0.00304. The molecule has 0 aliphatic carbocycles. The minimum atomic E-state index is 0.00304. The second-order valence-electron chi connectivity index (χ2n) is 5.84. The molecule has 0 aromatic rings. The molecule has 1 fully saturated rings. The number of hydrogen-bond acceptors (Lipinski definition) is 3. The van der Waals surface area contributed by atoms with Gasteiger partial charge in [0.2, 0.25) is 0 Å². The molecule has 1 heterocycles. The maximum absolute atomic E-state index is 9.18. The molecule has 90 valence electrons. The summed E-state index contributed by atoms with van der Waals surface area (Å²) in [5.74, 6) is 0.707. The lowest BCUT2D eigenvalue weighted by Gasteiger charge is -2.37. The monoisotopic (exact) mass is 214 g/mol. The molecule has 0 amide bonds. The van der Waals surface area contributed by atoms with Crippen molar-refractivity contribution in [3.63, 3.8) is 0 Å². The molecule has 15 heavy (non-hydrogen) atoms. The van der Waals surface area contributed by atoms with Crippen molar-refractivity contribution in [1.82, 2.24) is 10.2 Å². The van der Waals surface area contributed by atoms with Crippen molar-refractivity contribution < 1.29 is 5.11 Å². The summed E-state index contributed by atoms with van der Waals surface area (Å²) < 4.78 is 0. The molecule has 2 N–H and O–H groups in total. The van der Waals surface area contributed by atoms with Gasteiger partial charge in [-0.1, -0.05) is 20.8 Å². The fourth-order valence-electron chi connectivity index (χ4n) is 2.12. The van der Waals surface area contributed by atoms with Gasteiger partial charge >= 0.3 is 0 Å². The highest BCUT2D eigenvalue weighted by atomic mass is 16.3. The van der Waals surface area contributed by atoms with Gasteiger partial charge in [0, 0.05) is 31.2 Å². The Hall–Kier alpha value is -0.120. The van der Waals surface area contributed by atoms with Gasteiger partial charge in [-0.3, -0.25) is 0 Å². The third-order valence-electron chi connectivity index (χ3n) is 3.38. The second kappa shape index (κ2) is 5.28. The molecule has 1 aliphatic heterocycles. The average Bonchev–Trinajstić information content (AvgIpc) is 2.16. The van der Waals surface area contributed by atoms with E-state index in [0.717, 1.165) is 6.54 Å². The van der Waals surface area contributed by atoms with E-state index in [2.05, 4.69) is 38.0 Å². The van der Waals surface area contributed by atoms with E-state index in [0.29, 0.717) is 12.0 Å². The van der Waals surface area contributed by atoms with Gasteiger partial charge in [0.05, 0.1) is 0 Å². The van der Waals surface area contributed by atoms with Crippen molar-refractivity contribution in [3.8, 4) is 0 Å². The lowest BCUT2D eigenvalue weighted by molar-refractivity contribution is 0.129. The third kappa shape index (κ3) is 4.09. The Morgan fingerprint density at radius 3 is 2.67 bits per heavy atom. The van der Waals surface area contributed by atoms with Crippen LogP contribution in [0, 0.1) is 11.3 Å². The highest BCUT2D eigenvalue weighted by molar-refractivity contribution is 4.83. The van der Waals surface area contributed by atoms with Gasteiger partial charge in [-0.2, -0.15) is 0 Å². The summed E-state index contributed by atoms with van der Waals surface area (Å²) in [6.07, 6.45) is 1.22. The van der Waals surface area contributed by atoms with Crippen LogP contribution < -0.4 is 5.32 Å². The Morgan fingerprint density at radius 1 is 1.47 bits per heavy atom. The van der Waals surface area contributed by atoms with Crippen molar-refractivity contribution >= 4 is 0 Å². The summed E-state index contributed by atoms with van der Waals surface area (Å²) in [5, 5.41) is 12.8. The minimum absolute atomic E-state index is 0.00304. The topological polar surface area (TPSA) is 35.5 Å². The van der Waals surface area contributed by atoms with Crippen molar-refractivity contribution in [2.75, 3.05) is 33.3 Å². The van der Waals surface area contributed by atoms with E-state index >= 15 is 0 Å². The molecule has 1 rings (SSSR count). The smallest absolute Gasteiger partial charge is 0.0494 e.